The number of carbonyl (C=O) groups excluding carboxylic acids is 2. The van der Waals surface area contributed by atoms with Gasteiger partial charge in [0.25, 0.3) is 0 Å². The molecule has 74 valence electrons. The topological polar surface area (TPSA) is 55.4 Å². The molecule has 4 heteroatoms. The Morgan fingerprint density at radius 2 is 1.92 bits per heavy atom. The van der Waals surface area contributed by atoms with Crippen molar-refractivity contribution in [2.75, 3.05) is 7.11 Å². The van der Waals surface area contributed by atoms with Gasteiger partial charge < -0.3 is 10.1 Å². The average molecular weight is 185 g/mol. The second kappa shape index (κ2) is 3.36. The standard InChI is InChI=1S/C9H15NO3/c1-6(2)10-7(11)9(4-5-9)8(12)13-3/h6H,4-5H2,1-3H3,(H,10,11). The first-order valence-electron chi connectivity index (χ1n) is 4.42. The van der Waals surface area contributed by atoms with E-state index in [0.717, 1.165) is 0 Å². The van der Waals surface area contributed by atoms with Crippen LogP contribution in [0.25, 0.3) is 0 Å². The van der Waals surface area contributed by atoms with Gasteiger partial charge in [0.1, 0.15) is 5.41 Å². The first-order chi connectivity index (χ1) is 6.03. The average Bonchev–Trinajstić information content (AvgIpc) is 2.82. The third kappa shape index (κ3) is 1.82. The molecule has 0 aromatic heterocycles. The largest absolute Gasteiger partial charge is 0.468 e. The van der Waals surface area contributed by atoms with Crippen LogP contribution in [0.5, 0.6) is 0 Å². The zero-order valence-corrected chi connectivity index (χ0v) is 8.22. The van der Waals surface area contributed by atoms with Crippen molar-refractivity contribution in [1.29, 1.82) is 0 Å². The van der Waals surface area contributed by atoms with Gasteiger partial charge in [-0.25, -0.2) is 0 Å². The number of ether oxygens (including phenoxy) is 1. The van der Waals surface area contributed by atoms with Gasteiger partial charge in [0.15, 0.2) is 0 Å². The number of nitrogens with one attached hydrogen (secondary N) is 1. The number of hydrogen-bond donors (Lipinski definition) is 1. The molecule has 0 spiro atoms. The summed E-state index contributed by atoms with van der Waals surface area (Å²) in [6.45, 7) is 3.73. The first-order valence-corrected chi connectivity index (χ1v) is 4.42. The molecule has 0 heterocycles. The zero-order valence-electron chi connectivity index (χ0n) is 8.22. The van der Waals surface area contributed by atoms with E-state index in [2.05, 4.69) is 10.1 Å². The van der Waals surface area contributed by atoms with Crippen LogP contribution in [0, 0.1) is 5.41 Å². The Balaban J connectivity index is 2.60. The van der Waals surface area contributed by atoms with Crippen molar-refractivity contribution in [3.63, 3.8) is 0 Å². The fourth-order valence-electron chi connectivity index (χ4n) is 1.24. The predicted molar refractivity (Wildman–Crippen MR) is 47.0 cm³/mol. The maximum Gasteiger partial charge on any atom is 0.321 e. The Hall–Kier alpha value is -1.06. The van der Waals surface area contributed by atoms with Crippen molar-refractivity contribution in [2.24, 2.45) is 5.41 Å². The molecule has 0 aromatic rings. The third-order valence-corrected chi connectivity index (χ3v) is 2.18. The predicted octanol–water partition coefficient (Wildman–Crippen LogP) is 0.464. The molecule has 0 unspecified atom stereocenters. The normalized spacial score (nSPS) is 18.2. The minimum absolute atomic E-state index is 0.0645. The molecule has 1 fully saturated rings. The van der Waals surface area contributed by atoms with Gasteiger partial charge in [-0.2, -0.15) is 0 Å². The lowest BCUT2D eigenvalue weighted by Gasteiger charge is -2.14. The van der Waals surface area contributed by atoms with Gasteiger partial charge in [-0.3, -0.25) is 9.59 Å². The monoisotopic (exact) mass is 185 g/mol. The highest BCUT2D eigenvalue weighted by Gasteiger charge is 2.57. The Morgan fingerprint density at radius 3 is 2.23 bits per heavy atom. The molecule has 1 saturated carbocycles. The number of methoxy groups -OCH3 is 1. The van der Waals surface area contributed by atoms with Crippen LogP contribution in [-0.2, 0) is 14.3 Å². The maximum absolute atomic E-state index is 11.5. The van der Waals surface area contributed by atoms with Crippen LogP contribution in [0.2, 0.25) is 0 Å². The number of esters is 1. The molecular weight excluding hydrogens is 170 g/mol. The smallest absolute Gasteiger partial charge is 0.321 e. The lowest BCUT2D eigenvalue weighted by molar-refractivity contribution is -0.152. The molecule has 0 radical (unpaired) electrons. The van der Waals surface area contributed by atoms with Gasteiger partial charge in [-0.05, 0) is 26.7 Å². The van der Waals surface area contributed by atoms with Crippen LogP contribution in [0.4, 0.5) is 0 Å². The van der Waals surface area contributed by atoms with E-state index >= 15 is 0 Å². The van der Waals surface area contributed by atoms with Crippen molar-refractivity contribution in [2.45, 2.75) is 32.7 Å². The van der Waals surface area contributed by atoms with Crippen LogP contribution in [0.15, 0.2) is 0 Å². The highest BCUT2D eigenvalue weighted by Crippen LogP contribution is 2.46. The Kier molecular flexibility index (Phi) is 2.59. The molecule has 1 amide bonds. The summed E-state index contributed by atoms with van der Waals surface area (Å²) in [5.74, 6) is -0.611. The van der Waals surface area contributed by atoms with E-state index in [1.807, 2.05) is 13.8 Å². The Bertz CT molecular complexity index is 231. The van der Waals surface area contributed by atoms with E-state index in [1.165, 1.54) is 7.11 Å². The fourth-order valence-corrected chi connectivity index (χ4v) is 1.24. The van der Waals surface area contributed by atoms with Gasteiger partial charge in [-0.1, -0.05) is 0 Å². The summed E-state index contributed by atoms with van der Waals surface area (Å²) >= 11 is 0. The van der Waals surface area contributed by atoms with Gasteiger partial charge in [-0.15, -0.1) is 0 Å². The van der Waals surface area contributed by atoms with Gasteiger partial charge in [0, 0.05) is 6.04 Å². The van der Waals surface area contributed by atoms with Crippen molar-refractivity contribution in [3.05, 3.63) is 0 Å². The first kappa shape index (κ1) is 10.0. The highest BCUT2D eigenvalue weighted by atomic mass is 16.5. The van der Waals surface area contributed by atoms with Crippen LogP contribution in [-0.4, -0.2) is 25.0 Å². The summed E-state index contributed by atoms with van der Waals surface area (Å²) < 4.78 is 4.58. The third-order valence-electron chi connectivity index (χ3n) is 2.18. The number of rotatable bonds is 3. The van der Waals surface area contributed by atoms with Gasteiger partial charge in [0.2, 0.25) is 5.91 Å². The Morgan fingerprint density at radius 1 is 1.38 bits per heavy atom. The van der Waals surface area contributed by atoms with E-state index < -0.39 is 11.4 Å². The molecule has 1 aliphatic rings. The summed E-state index contributed by atoms with van der Waals surface area (Å²) in [7, 11) is 1.31. The highest BCUT2D eigenvalue weighted by molar-refractivity contribution is 6.05. The van der Waals surface area contributed by atoms with Crippen LogP contribution in [0.3, 0.4) is 0 Å². The molecule has 1 N–H and O–H groups in total. The van der Waals surface area contributed by atoms with Gasteiger partial charge in [0.05, 0.1) is 7.11 Å². The summed E-state index contributed by atoms with van der Waals surface area (Å²) in [6.07, 6.45) is 1.22. The molecule has 13 heavy (non-hydrogen) atoms. The van der Waals surface area contributed by atoms with E-state index in [1.54, 1.807) is 0 Å². The number of amides is 1. The molecule has 1 rings (SSSR count). The van der Waals surface area contributed by atoms with Crippen molar-refractivity contribution >= 4 is 11.9 Å². The van der Waals surface area contributed by atoms with Crippen LogP contribution in [0.1, 0.15) is 26.7 Å². The Labute approximate surface area is 77.6 Å². The fraction of sp³-hybridized carbons (Fsp3) is 0.778. The zero-order chi connectivity index (χ0) is 10.1. The summed E-state index contributed by atoms with van der Waals surface area (Å²) in [5, 5.41) is 2.72. The molecule has 0 bridgehead atoms. The number of carbonyl (C=O) groups is 2. The lowest BCUT2D eigenvalue weighted by Crippen LogP contribution is -2.40. The minimum Gasteiger partial charge on any atom is -0.468 e. The molecule has 0 saturated heterocycles. The van der Waals surface area contributed by atoms with Crippen LogP contribution < -0.4 is 5.32 Å². The summed E-state index contributed by atoms with van der Waals surface area (Å²) in [4.78, 5) is 22.8. The van der Waals surface area contributed by atoms with Crippen molar-refractivity contribution < 1.29 is 14.3 Å². The van der Waals surface area contributed by atoms with Gasteiger partial charge >= 0.3 is 5.97 Å². The second-order valence-electron chi connectivity index (χ2n) is 3.70. The van der Waals surface area contributed by atoms with E-state index in [4.69, 9.17) is 0 Å². The maximum atomic E-state index is 11.5. The SMILES string of the molecule is COC(=O)C1(C(=O)NC(C)C)CC1. The number of hydrogen-bond acceptors (Lipinski definition) is 3. The minimum atomic E-state index is -0.862. The second-order valence-corrected chi connectivity index (χ2v) is 3.70. The molecule has 4 nitrogen and oxygen atoms in total. The molecule has 0 atom stereocenters. The van der Waals surface area contributed by atoms with Crippen LogP contribution >= 0.6 is 0 Å². The molecule has 1 aliphatic carbocycles. The summed E-state index contributed by atoms with van der Waals surface area (Å²) in [6, 6.07) is 0.0645. The molecule has 0 aromatic carbocycles. The van der Waals surface area contributed by atoms with E-state index in [9.17, 15) is 9.59 Å². The van der Waals surface area contributed by atoms with Crippen molar-refractivity contribution in [1.82, 2.24) is 5.32 Å². The molecular formula is C9H15NO3. The lowest BCUT2D eigenvalue weighted by atomic mass is 10.1. The summed E-state index contributed by atoms with van der Waals surface area (Å²) in [5.41, 5.74) is -0.862. The molecule has 0 aliphatic heterocycles. The van der Waals surface area contributed by atoms with Crippen molar-refractivity contribution in [3.8, 4) is 0 Å². The van der Waals surface area contributed by atoms with E-state index in [-0.39, 0.29) is 11.9 Å². The van der Waals surface area contributed by atoms with E-state index in [0.29, 0.717) is 12.8 Å². The quantitative estimate of drug-likeness (QED) is 0.513.